The predicted molar refractivity (Wildman–Crippen MR) is 126 cm³/mol. The summed E-state index contributed by atoms with van der Waals surface area (Å²) in [4.78, 5) is 18.1. The molecule has 3 aliphatic rings. The van der Waals surface area contributed by atoms with Gasteiger partial charge in [0.25, 0.3) is 0 Å². The largest absolute Gasteiger partial charge is 0.341 e. The molecule has 2 saturated heterocycles. The van der Waals surface area contributed by atoms with Crippen LogP contribution in [0.5, 0.6) is 0 Å². The van der Waals surface area contributed by atoms with E-state index < -0.39 is 0 Å². The van der Waals surface area contributed by atoms with Crippen molar-refractivity contribution >= 4 is 5.91 Å². The highest BCUT2D eigenvalue weighted by Gasteiger charge is 2.39. The molecule has 3 heteroatoms. The number of hydrogen-bond donors (Lipinski definition) is 0. The lowest BCUT2D eigenvalue weighted by Crippen LogP contribution is -2.39. The summed E-state index contributed by atoms with van der Waals surface area (Å²) in [7, 11) is 0. The van der Waals surface area contributed by atoms with Crippen LogP contribution in [0.3, 0.4) is 0 Å². The minimum atomic E-state index is 0.289. The van der Waals surface area contributed by atoms with E-state index in [1.54, 1.807) is 0 Å². The summed E-state index contributed by atoms with van der Waals surface area (Å²) in [5.74, 6) is 2.44. The molecule has 0 unspecified atom stereocenters. The number of piperidine rings is 1. The molecule has 0 bridgehead atoms. The highest BCUT2D eigenvalue weighted by molar-refractivity contribution is 5.79. The van der Waals surface area contributed by atoms with Crippen LogP contribution in [0, 0.1) is 11.8 Å². The van der Waals surface area contributed by atoms with Crippen LogP contribution in [0.25, 0.3) is 0 Å². The third kappa shape index (κ3) is 4.72. The van der Waals surface area contributed by atoms with Gasteiger partial charge in [-0.3, -0.25) is 4.79 Å². The zero-order chi connectivity index (χ0) is 21.0. The Labute approximate surface area is 187 Å². The molecule has 1 saturated carbocycles. The van der Waals surface area contributed by atoms with Gasteiger partial charge in [0, 0.05) is 31.5 Å². The fourth-order valence-corrected chi connectivity index (χ4v) is 6.25. The minimum Gasteiger partial charge on any atom is -0.341 e. The van der Waals surface area contributed by atoms with E-state index in [4.69, 9.17) is 0 Å². The van der Waals surface area contributed by atoms with Crippen LogP contribution in [0.4, 0.5) is 0 Å². The number of rotatable bonds is 5. The van der Waals surface area contributed by atoms with Gasteiger partial charge < -0.3 is 9.80 Å². The standard InChI is InChI=1S/C28H36N2O/c31-28(25-13-7-8-14-25)30-20-26(27(21-30)24-11-5-2-6-12-24)19-29-17-15-23(16-18-29)22-9-3-1-4-10-22/h1-6,9-12,23,25-27H,7-8,13-21H2/t26-,27+/m1/s1. The van der Waals surface area contributed by atoms with Crippen molar-refractivity contribution < 1.29 is 4.79 Å². The maximum atomic E-state index is 13.2. The average Bonchev–Trinajstić information content (AvgIpc) is 3.51. The van der Waals surface area contributed by atoms with E-state index in [1.165, 1.54) is 49.9 Å². The lowest BCUT2D eigenvalue weighted by molar-refractivity contribution is -0.134. The van der Waals surface area contributed by atoms with Crippen LogP contribution in [0.1, 0.15) is 61.5 Å². The first-order chi connectivity index (χ1) is 15.3. The van der Waals surface area contributed by atoms with Crippen LogP contribution < -0.4 is 0 Å². The molecule has 3 nitrogen and oxygen atoms in total. The molecule has 0 radical (unpaired) electrons. The van der Waals surface area contributed by atoms with Crippen molar-refractivity contribution in [2.45, 2.75) is 50.4 Å². The SMILES string of the molecule is O=C(C1CCCC1)N1C[C@@H](CN2CCC(c3ccccc3)CC2)[C@H](c2ccccc2)C1. The molecule has 2 atom stereocenters. The highest BCUT2D eigenvalue weighted by atomic mass is 16.2. The molecular weight excluding hydrogens is 380 g/mol. The zero-order valence-corrected chi connectivity index (χ0v) is 18.7. The van der Waals surface area contributed by atoms with E-state index in [9.17, 15) is 4.79 Å². The smallest absolute Gasteiger partial charge is 0.225 e. The van der Waals surface area contributed by atoms with Crippen molar-refractivity contribution in [1.29, 1.82) is 0 Å². The Hall–Kier alpha value is -2.13. The molecule has 164 valence electrons. The second-order valence-corrected chi connectivity index (χ2v) is 9.99. The summed E-state index contributed by atoms with van der Waals surface area (Å²) in [6.07, 6.45) is 7.15. The van der Waals surface area contributed by atoms with Crippen LogP contribution in [0.2, 0.25) is 0 Å². The van der Waals surface area contributed by atoms with Crippen LogP contribution >= 0.6 is 0 Å². The van der Waals surface area contributed by atoms with Gasteiger partial charge in [0.2, 0.25) is 5.91 Å². The number of nitrogens with zero attached hydrogens (tertiary/aromatic N) is 2. The van der Waals surface area contributed by atoms with Gasteiger partial charge in [0.05, 0.1) is 0 Å². The Kier molecular flexibility index (Phi) is 6.40. The highest BCUT2D eigenvalue weighted by Crippen LogP contribution is 2.37. The summed E-state index contributed by atoms with van der Waals surface area (Å²) in [5.41, 5.74) is 2.91. The van der Waals surface area contributed by atoms with Crippen molar-refractivity contribution in [1.82, 2.24) is 9.80 Å². The molecule has 1 amide bonds. The second kappa shape index (κ2) is 9.56. The molecule has 0 aromatic heterocycles. The molecule has 2 aromatic carbocycles. The van der Waals surface area contributed by atoms with Gasteiger partial charge in [-0.05, 0) is 61.7 Å². The Morgan fingerprint density at radius 2 is 1.39 bits per heavy atom. The Balaban J connectivity index is 1.24. The molecule has 0 N–H and O–H groups in total. The van der Waals surface area contributed by atoms with Crippen molar-refractivity contribution in [3.05, 3.63) is 71.8 Å². The molecule has 31 heavy (non-hydrogen) atoms. The average molecular weight is 417 g/mol. The first kappa shape index (κ1) is 20.8. The maximum Gasteiger partial charge on any atom is 0.225 e. The van der Waals surface area contributed by atoms with Crippen molar-refractivity contribution in [3.8, 4) is 0 Å². The van der Waals surface area contributed by atoms with Crippen molar-refractivity contribution in [2.75, 3.05) is 32.7 Å². The normalized spacial score (nSPS) is 25.9. The molecule has 3 fully saturated rings. The minimum absolute atomic E-state index is 0.289. The molecule has 5 rings (SSSR count). The monoisotopic (exact) mass is 416 g/mol. The maximum absolute atomic E-state index is 13.2. The van der Waals surface area contributed by atoms with Crippen LogP contribution in [0.15, 0.2) is 60.7 Å². The van der Waals surface area contributed by atoms with Gasteiger partial charge >= 0.3 is 0 Å². The third-order valence-electron chi connectivity index (χ3n) is 8.04. The van der Waals surface area contributed by atoms with Crippen LogP contribution in [-0.4, -0.2) is 48.4 Å². The van der Waals surface area contributed by atoms with Crippen molar-refractivity contribution in [3.63, 3.8) is 0 Å². The number of carbonyl (C=O) groups excluding carboxylic acids is 1. The summed E-state index contributed by atoms with van der Waals surface area (Å²) >= 11 is 0. The van der Waals surface area contributed by atoms with Gasteiger partial charge in [-0.15, -0.1) is 0 Å². The predicted octanol–water partition coefficient (Wildman–Crippen LogP) is 5.30. The van der Waals surface area contributed by atoms with Gasteiger partial charge in [-0.2, -0.15) is 0 Å². The first-order valence-corrected chi connectivity index (χ1v) is 12.4. The van der Waals surface area contributed by atoms with E-state index in [0.717, 1.165) is 32.5 Å². The lowest BCUT2D eigenvalue weighted by atomic mass is 9.86. The molecule has 2 aliphatic heterocycles. The van der Waals surface area contributed by atoms with E-state index >= 15 is 0 Å². The molecule has 2 heterocycles. The topological polar surface area (TPSA) is 23.6 Å². The Bertz CT molecular complexity index is 838. The van der Waals surface area contributed by atoms with E-state index in [1.807, 2.05) is 0 Å². The van der Waals surface area contributed by atoms with Gasteiger partial charge in [-0.25, -0.2) is 0 Å². The number of amides is 1. The summed E-state index contributed by atoms with van der Waals surface area (Å²) < 4.78 is 0. The molecule has 2 aromatic rings. The van der Waals surface area contributed by atoms with Crippen LogP contribution in [-0.2, 0) is 4.79 Å². The van der Waals surface area contributed by atoms with E-state index in [0.29, 0.717) is 23.7 Å². The van der Waals surface area contributed by atoms with Gasteiger partial charge in [0.15, 0.2) is 0 Å². The summed E-state index contributed by atoms with van der Waals surface area (Å²) in [6, 6.07) is 22.0. The number of benzene rings is 2. The quantitative estimate of drug-likeness (QED) is 0.660. The second-order valence-electron chi connectivity index (χ2n) is 9.99. The number of carbonyl (C=O) groups is 1. The lowest BCUT2D eigenvalue weighted by Gasteiger charge is -2.35. The van der Waals surface area contributed by atoms with E-state index in [-0.39, 0.29) is 5.92 Å². The Morgan fingerprint density at radius 1 is 0.774 bits per heavy atom. The zero-order valence-electron chi connectivity index (χ0n) is 18.7. The van der Waals surface area contributed by atoms with Gasteiger partial charge in [-0.1, -0.05) is 73.5 Å². The van der Waals surface area contributed by atoms with E-state index in [2.05, 4.69) is 70.5 Å². The van der Waals surface area contributed by atoms with Gasteiger partial charge in [0.1, 0.15) is 0 Å². The third-order valence-corrected chi connectivity index (χ3v) is 8.04. The number of likely N-dealkylation sites (tertiary alicyclic amines) is 2. The Morgan fingerprint density at radius 3 is 2.03 bits per heavy atom. The fourth-order valence-electron chi connectivity index (χ4n) is 6.25. The van der Waals surface area contributed by atoms with Crippen molar-refractivity contribution in [2.24, 2.45) is 11.8 Å². The number of hydrogen-bond acceptors (Lipinski definition) is 2. The molecule has 0 spiro atoms. The molecule has 1 aliphatic carbocycles. The fraction of sp³-hybridized carbons (Fsp3) is 0.536. The summed E-state index contributed by atoms with van der Waals surface area (Å²) in [6.45, 7) is 5.32. The summed E-state index contributed by atoms with van der Waals surface area (Å²) in [5, 5.41) is 0. The molecular formula is C28H36N2O. The first-order valence-electron chi connectivity index (χ1n) is 12.4.